The monoisotopic (exact) mass is 326 g/mol. The van der Waals surface area contributed by atoms with Crippen molar-refractivity contribution in [3.63, 3.8) is 0 Å². The van der Waals surface area contributed by atoms with Crippen LogP contribution in [-0.4, -0.2) is 30.0 Å². The van der Waals surface area contributed by atoms with Gasteiger partial charge in [-0.25, -0.2) is 0 Å². The number of non-ortho nitro benzene ring substituents is 1. The van der Waals surface area contributed by atoms with Crippen molar-refractivity contribution in [2.45, 2.75) is 25.4 Å². The lowest BCUT2D eigenvalue weighted by molar-refractivity contribution is -0.384. The van der Waals surface area contributed by atoms with Crippen LogP contribution in [0.1, 0.15) is 24.0 Å². The summed E-state index contributed by atoms with van der Waals surface area (Å²) in [4.78, 5) is 12.7. The summed E-state index contributed by atoms with van der Waals surface area (Å²) in [6.45, 7) is 3.99. The van der Waals surface area contributed by atoms with Gasteiger partial charge in [0.2, 0.25) is 0 Å². The largest absolute Gasteiger partial charge is 0.482 e. The highest BCUT2D eigenvalue weighted by molar-refractivity contribution is 5.37. The second-order valence-electron chi connectivity index (χ2n) is 6.52. The number of hydrogen-bond acceptors (Lipinski definition) is 4. The molecule has 0 amide bonds. The zero-order valence-corrected chi connectivity index (χ0v) is 14.1. The highest BCUT2D eigenvalue weighted by Crippen LogP contribution is 2.38. The van der Waals surface area contributed by atoms with Crippen molar-refractivity contribution in [1.82, 2.24) is 4.90 Å². The molecule has 1 heterocycles. The quantitative estimate of drug-likeness (QED) is 0.631. The molecule has 0 radical (unpaired) electrons. The molecule has 0 N–H and O–H groups in total. The molecule has 0 aliphatic carbocycles. The van der Waals surface area contributed by atoms with Gasteiger partial charge < -0.3 is 9.64 Å². The number of hydrogen-bond donors (Lipinski definition) is 0. The van der Waals surface area contributed by atoms with Crippen molar-refractivity contribution in [2.24, 2.45) is 0 Å². The number of piperidine rings is 1. The molecule has 3 rings (SSSR count). The van der Waals surface area contributed by atoms with Crippen molar-refractivity contribution >= 4 is 5.69 Å². The Morgan fingerprint density at radius 1 is 1.04 bits per heavy atom. The third-order valence-corrected chi connectivity index (χ3v) is 4.73. The lowest BCUT2D eigenvalue weighted by Crippen LogP contribution is -2.44. The van der Waals surface area contributed by atoms with Gasteiger partial charge in [0.15, 0.2) is 0 Å². The van der Waals surface area contributed by atoms with E-state index in [1.807, 2.05) is 0 Å². The molecule has 2 aromatic rings. The SMILES string of the molecule is Cc1ccc(C2(Oc3ccc([N+](=O)[O-])cc3)CCN(C)CC2)cc1. The van der Waals surface area contributed by atoms with Crippen LogP contribution in [0.4, 0.5) is 5.69 Å². The van der Waals surface area contributed by atoms with Crippen molar-refractivity contribution in [3.8, 4) is 5.75 Å². The van der Waals surface area contributed by atoms with Crippen LogP contribution in [0, 0.1) is 17.0 Å². The third kappa shape index (κ3) is 3.41. The Bertz CT molecular complexity index is 702. The Kier molecular flexibility index (Phi) is 4.53. The van der Waals surface area contributed by atoms with E-state index < -0.39 is 4.92 Å². The van der Waals surface area contributed by atoms with Crippen LogP contribution >= 0.6 is 0 Å². The van der Waals surface area contributed by atoms with E-state index >= 15 is 0 Å². The van der Waals surface area contributed by atoms with Crippen molar-refractivity contribution in [2.75, 3.05) is 20.1 Å². The van der Waals surface area contributed by atoms with E-state index in [9.17, 15) is 10.1 Å². The number of benzene rings is 2. The minimum absolute atomic E-state index is 0.0788. The van der Waals surface area contributed by atoms with Crippen LogP contribution < -0.4 is 4.74 Å². The Morgan fingerprint density at radius 2 is 1.62 bits per heavy atom. The Balaban J connectivity index is 1.90. The fraction of sp³-hybridized carbons (Fsp3) is 0.368. The number of rotatable bonds is 4. The van der Waals surface area contributed by atoms with Gasteiger partial charge in [0.25, 0.3) is 5.69 Å². The van der Waals surface area contributed by atoms with Gasteiger partial charge in [-0.05, 0) is 31.7 Å². The van der Waals surface area contributed by atoms with E-state index in [0.717, 1.165) is 25.9 Å². The lowest BCUT2D eigenvalue weighted by atomic mass is 9.84. The van der Waals surface area contributed by atoms with E-state index in [-0.39, 0.29) is 11.3 Å². The minimum Gasteiger partial charge on any atom is -0.482 e. The summed E-state index contributed by atoms with van der Waals surface area (Å²) >= 11 is 0. The molecule has 24 heavy (non-hydrogen) atoms. The summed E-state index contributed by atoms with van der Waals surface area (Å²) in [5.41, 5.74) is 2.09. The number of ether oxygens (including phenoxy) is 1. The molecule has 5 heteroatoms. The van der Waals surface area contributed by atoms with Crippen LogP contribution in [0.2, 0.25) is 0 Å². The average molecular weight is 326 g/mol. The van der Waals surface area contributed by atoms with Gasteiger partial charge in [-0.2, -0.15) is 0 Å². The topological polar surface area (TPSA) is 55.6 Å². The molecule has 1 aliphatic heterocycles. The molecule has 1 aliphatic rings. The Hall–Kier alpha value is -2.40. The highest BCUT2D eigenvalue weighted by Gasteiger charge is 2.37. The second-order valence-corrected chi connectivity index (χ2v) is 6.52. The van der Waals surface area contributed by atoms with E-state index in [2.05, 4.69) is 43.1 Å². The fourth-order valence-corrected chi connectivity index (χ4v) is 3.15. The van der Waals surface area contributed by atoms with E-state index in [4.69, 9.17) is 4.74 Å². The number of nitro benzene ring substituents is 1. The maximum Gasteiger partial charge on any atom is 0.269 e. The van der Waals surface area contributed by atoms with Crippen molar-refractivity contribution < 1.29 is 9.66 Å². The smallest absolute Gasteiger partial charge is 0.269 e. The van der Waals surface area contributed by atoms with Crippen molar-refractivity contribution in [1.29, 1.82) is 0 Å². The first-order chi connectivity index (χ1) is 11.5. The fourth-order valence-electron chi connectivity index (χ4n) is 3.15. The minimum atomic E-state index is -0.394. The van der Waals surface area contributed by atoms with Gasteiger partial charge >= 0.3 is 0 Å². The Morgan fingerprint density at radius 3 is 2.17 bits per heavy atom. The van der Waals surface area contributed by atoms with E-state index in [1.165, 1.54) is 23.3 Å². The maximum absolute atomic E-state index is 10.8. The first-order valence-electron chi connectivity index (χ1n) is 8.18. The van der Waals surface area contributed by atoms with Crippen LogP contribution in [0.3, 0.4) is 0 Å². The lowest BCUT2D eigenvalue weighted by Gasteiger charge is -2.41. The molecule has 1 saturated heterocycles. The molecule has 0 saturated carbocycles. The van der Waals surface area contributed by atoms with E-state index in [1.54, 1.807) is 12.1 Å². The molecular formula is C19H22N2O3. The predicted molar refractivity (Wildman–Crippen MR) is 93.3 cm³/mol. The van der Waals surface area contributed by atoms with Crippen LogP contribution in [0.15, 0.2) is 48.5 Å². The van der Waals surface area contributed by atoms with Crippen LogP contribution in [0.5, 0.6) is 5.75 Å². The molecule has 0 spiro atoms. The van der Waals surface area contributed by atoms with Gasteiger partial charge in [-0.3, -0.25) is 10.1 Å². The number of nitrogens with zero attached hydrogens (tertiary/aromatic N) is 2. The van der Waals surface area contributed by atoms with Crippen molar-refractivity contribution in [3.05, 3.63) is 69.8 Å². The molecular weight excluding hydrogens is 304 g/mol. The molecule has 1 fully saturated rings. The zero-order valence-electron chi connectivity index (χ0n) is 14.1. The Labute approximate surface area is 142 Å². The van der Waals surface area contributed by atoms with Gasteiger partial charge in [0.1, 0.15) is 11.4 Å². The van der Waals surface area contributed by atoms with Crippen LogP contribution in [-0.2, 0) is 5.60 Å². The van der Waals surface area contributed by atoms with Gasteiger partial charge in [-0.1, -0.05) is 29.8 Å². The van der Waals surface area contributed by atoms with E-state index in [0.29, 0.717) is 5.75 Å². The summed E-state index contributed by atoms with van der Waals surface area (Å²) < 4.78 is 6.40. The van der Waals surface area contributed by atoms with Gasteiger partial charge in [0, 0.05) is 38.1 Å². The third-order valence-electron chi connectivity index (χ3n) is 4.73. The normalized spacial score (nSPS) is 17.4. The first-order valence-corrected chi connectivity index (χ1v) is 8.18. The summed E-state index contributed by atoms with van der Waals surface area (Å²) in [6.07, 6.45) is 1.78. The summed E-state index contributed by atoms with van der Waals surface area (Å²) in [7, 11) is 2.12. The average Bonchev–Trinajstić information content (AvgIpc) is 2.58. The molecule has 126 valence electrons. The summed E-state index contributed by atoms with van der Waals surface area (Å²) in [5, 5.41) is 10.8. The maximum atomic E-state index is 10.8. The molecule has 0 atom stereocenters. The standard InChI is InChI=1S/C19H22N2O3/c1-15-3-5-16(6-4-15)19(11-13-20(2)14-12-19)24-18-9-7-17(8-10-18)21(22)23/h3-10H,11-14H2,1-2H3. The number of nitro groups is 1. The second kappa shape index (κ2) is 6.61. The molecule has 0 unspecified atom stereocenters. The summed E-state index contributed by atoms with van der Waals surface area (Å²) in [6, 6.07) is 14.8. The molecule has 0 aromatic heterocycles. The highest BCUT2D eigenvalue weighted by atomic mass is 16.6. The van der Waals surface area contributed by atoms with Gasteiger partial charge in [0.05, 0.1) is 4.92 Å². The molecule has 5 nitrogen and oxygen atoms in total. The molecule has 0 bridgehead atoms. The van der Waals surface area contributed by atoms with Gasteiger partial charge in [-0.15, -0.1) is 0 Å². The van der Waals surface area contributed by atoms with Crippen LogP contribution in [0.25, 0.3) is 0 Å². The molecule has 2 aromatic carbocycles. The number of likely N-dealkylation sites (tertiary alicyclic amines) is 1. The first kappa shape index (κ1) is 16.5. The summed E-state index contributed by atoms with van der Waals surface area (Å²) in [5.74, 6) is 0.672. The predicted octanol–water partition coefficient (Wildman–Crippen LogP) is 3.90. The zero-order chi connectivity index (χ0) is 17.2. The number of aryl methyl sites for hydroxylation is 1.